The average Bonchev–Trinajstić information content (AvgIpc) is 1.88. The summed E-state index contributed by atoms with van der Waals surface area (Å²) in [5, 5.41) is 10.6. The van der Waals surface area contributed by atoms with E-state index in [4.69, 9.17) is 6.42 Å². The molecule has 0 N–H and O–H groups in total. The van der Waals surface area contributed by atoms with Crippen molar-refractivity contribution in [2.75, 3.05) is 0 Å². The summed E-state index contributed by atoms with van der Waals surface area (Å²) in [7, 11) is 0. The van der Waals surface area contributed by atoms with Crippen LogP contribution in [0.5, 0.6) is 5.75 Å². The Hall–Kier alpha value is -1.42. The van der Waals surface area contributed by atoms with Crippen LogP contribution in [-0.2, 0) is 5.11 Å². The van der Waals surface area contributed by atoms with Gasteiger partial charge in [-0.3, -0.25) is 5.11 Å². The van der Waals surface area contributed by atoms with Gasteiger partial charge >= 0.3 is 0 Å². The molecule has 0 amide bonds. The second kappa shape index (κ2) is 2.23. The first kappa shape index (κ1) is 5.71. The molecule has 0 atom stereocenters. The van der Waals surface area contributed by atoms with Crippen molar-refractivity contribution in [2.45, 2.75) is 0 Å². The Morgan fingerprint density at radius 3 is 2.67 bits per heavy atom. The number of hydrogen-bond donors (Lipinski definition) is 0. The third-order valence-electron chi connectivity index (χ3n) is 1.00. The Morgan fingerprint density at radius 1 is 1.44 bits per heavy atom. The Bertz CT molecular complexity index is 245. The summed E-state index contributed by atoms with van der Waals surface area (Å²) in [5.41, 5.74) is 0.641. The standard InChI is InChI=1S/C8H5O/c1-2-7-4-3-5-8(9)6-7/h1,3-6H. The molecule has 0 spiro atoms. The van der Waals surface area contributed by atoms with Crippen LogP contribution in [0.3, 0.4) is 0 Å². The van der Waals surface area contributed by atoms with E-state index < -0.39 is 0 Å². The molecule has 0 heterocycles. The highest BCUT2D eigenvalue weighted by molar-refractivity contribution is 5.37. The fraction of sp³-hybridized carbons (Fsp3) is 0. The Morgan fingerprint density at radius 2 is 2.22 bits per heavy atom. The summed E-state index contributed by atoms with van der Waals surface area (Å²) < 4.78 is 0. The molecule has 1 aromatic rings. The van der Waals surface area contributed by atoms with Crippen LogP contribution >= 0.6 is 0 Å². The van der Waals surface area contributed by atoms with Gasteiger partial charge in [0, 0.05) is 11.6 Å². The minimum atomic E-state index is -0.0366. The van der Waals surface area contributed by atoms with E-state index >= 15 is 0 Å². The summed E-state index contributed by atoms with van der Waals surface area (Å²) in [6.45, 7) is 0. The Labute approximate surface area is 54.0 Å². The molecule has 0 aliphatic heterocycles. The lowest BCUT2D eigenvalue weighted by Crippen LogP contribution is -1.68. The van der Waals surface area contributed by atoms with Gasteiger partial charge in [-0.2, -0.15) is 0 Å². The van der Waals surface area contributed by atoms with Crippen LogP contribution in [0.15, 0.2) is 24.3 Å². The lowest BCUT2D eigenvalue weighted by atomic mass is 10.2. The van der Waals surface area contributed by atoms with Gasteiger partial charge in [0.2, 0.25) is 0 Å². The molecule has 0 fully saturated rings. The second-order valence-corrected chi connectivity index (χ2v) is 1.67. The van der Waals surface area contributed by atoms with Crippen molar-refractivity contribution < 1.29 is 5.11 Å². The molecule has 0 saturated carbocycles. The first-order valence-electron chi connectivity index (χ1n) is 2.56. The maximum absolute atomic E-state index is 10.6. The molecule has 1 aromatic carbocycles. The maximum atomic E-state index is 10.6. The first-order chi connectivity index (χ1) is 4.33. The maximum Gasteiger partial charge on any atom is 0.179 e. The van der Waals surface area contributed by atoms with E-state index in [1.54, 1.807) is 12.1 Å². The minimum Gasteiger partial charge on any atom is -0.290 e. The SMILES string of the molecule is C#Cc1cccc([O])c1. The van der Waals surface area contributed by atoms with Crippen LogP contribution in [0, 0.1) is 12.3 Å². The monoisotopic (exact) mass is 117 g/mol. The zero-order chi connectivity index (χ0) is 6.69. The van der Waals surface area contributed by atoms with Crippen molar-refractivity contribution >= 4 is 0 Å². The number of benzene rings is 1. The average molecular weight is 117 g/mol. The lowest BCUT2D eigenvalue weighted by Gasteiger charge is -1.86. The summed E-state index contributed by atoms with van der Waals surface area (Å²) in [6, 6.07) is 6.28. The molecule has 1 heteroatoms. The van der Waals surface area contributed by atoms with Gasteiger partial charge in [-0.25, -0.2) is 0 Å². The van der Waals surface area contributed by atoms with Gasteiger partial charge < -0.3 is 0 Å². The van der Waals surface area contributed by atoms with E-state index in [0.29, 0.717) is 5.56 Å². The fourth-order valence-corrected chi connectivity index (χ4v) is 0.586. The van der Waals surface area contributed by atoms with E-state index in [9.17, 15) is 5.11 Å². The normalized spacial score (nSPS) is 8.33. The highest BCUT2D eigenvalue weighted by atomic mass is 16.3. The van der Waals surface area contributed by atoms with E-state index in [1.165, 1.54) is 12.1 Å². The molecular weight excluding hydrogens is 112 g/mol. The van der Waals surface area contributed by atoms with Crippen molar-refractivity contribution in [2.24, 2.45) is 0 Å². The molecule has 0 saturated heterocycles. The summed E-state index contributed by atoms with van der Waals surface area (Å²) >= 11 is 0. The van der Waals surface area contributed by atoms with Gasteiger partial charge in [-0.05, 0) is 12.1 Å². The molecule has 0 aromatic heterocycles. The van der Waals surface area contributed by atoms with Gasteiger partial charge in [0.15, 0.2) is 5.75 Å². The number of terminal acetylenes is 1. The van der Waals surface area contributed by atoms with Crippen LogP contribution in [0.2, 0.25) is 0 Å². The molecule has 0 bridgehead atoms. The highest BCUT2D eigenvalue weighted by Crippen LogP contribution is 2.09. The van der Waals surface area contributed by atoms with Crippen LogP contribution < -0.4 is 0 Å². The molecule has 1 nitrogen and oxygen atoms in total. The fourth-order valence-electron chi connectivity index (χ4n) is 0.586. The highest BCUT2D eigenvalue weighted by Gasteiger charge is 1.88. The molecule has 0 aliphatic rings. The predicted molar refractivity (Wildman–Crippen MR) is 34.5 cm³/mol. The minimum absolute atomic E-state index is 0.0366. The zero-order valence-corrected chi connectivity index (χ0v) is 4.79. The van der Waals surface area contributed by atoms with E-state index in [-0.39, 0.29) is 5.75 Å². The summed E-state index contributed by atoms with van der Waals surface area (Å²) in [4.78, 5) is 0. The second-order valence-electron chi connectivity index (χ2n) is 1.67. The third kappa shape index (κ3) is 1.23. The lowest BCUT2D eigenvalue weighted by molar-refractivity contribution is 0.355. The molecule has 9 heavy (non-hydrogen) atoms. The van der Waals surface area contributed by atoms with Crippen molar-refractivity contribution in [1.29, 1.82) is 0 Å². The van der Waals surface area contributed by atoms with E-state index in [2.05, 4.69) is 5.92 Å². The van der Waals surface area contributed by atoms with Crippen molar-refractivity contribution in [3.8, 4) is 18.1 Å². The third-order valence-corrected chi connectivity index (χ3v) is 1.00. The van der Waals surface area contributed by atoms with Crippen molar-refractivity contribution in [1.82, 2.24) is 0 Å². The summed E-state index contributed by atoms with van der Waals surface area (Å²) in [5.74, 6) is 2.33. The quantitative estimate of drug-likeness (QED) is 0.462. The number of rotatable bonds is 0. The Kier molecular flexibility index (Phi) is 1.42. The van der Waals surface area contributed by atoms with Crippen LogP contribution in [0.25, 0.3) is 0 Å². The molecule has 1 rings (SSSR count). The smallest absolute Gasteiger partial charge is 0.179 e. The van der Waals surface area contributed by atoms with Gasteiger partial charge in [0.25, 0.3) is 0 Å². The van der Waals surface area contributed by atoms with Crippen molar-refractivity contribution in [3.05, 3.63) is 29.8 Å². The van der Waals surface area contributed by atoms with Gasteiger partial charge in [0.05, 0.1) is 0 Å². The van der Waals surface area contributed by atoms with Gasteiger partial charge in [-0.1, -0.05) is 12.0 Å². The summed E-state index contributed by atoms with van der Waals surface area (Å²) in [6.07, 6.45) is 5.03. The predicted octanol–water partition coefficient (Wildman–Crippen LogP) is 1.81. The topological polar surface area (TPSA) is 19.9 Å². The Balaban J connectivity index is 3.12. The molecular formula is C8H5O. The molecule has 43 valence electrons. The van der Waals surface area contributed by atoms with E-state index in [1.807, 2.05) is 0 Å². The van der Waals surface area contributed by atoms with Crippen LogP contribution in [-0.4, -0.2) is 0 Å². The van der Waals surface area contributed by atoms with Gasteiger partial charge in [0.1, 0.15) is 0 Å². The van der Waals surface area contributed by atoms with Crippen LogP contribution in [0.1, 0.15) is 5.56 Å². The first-order valence-corrected chi connectivity index (χ1v) is 2.56. The number of hydrogen-bond acceptors (Lipinski definition) is 0. The molecule has 0 aliphatic carbocycles. The molecule has 0 unspecified atom stereocenters. The van der Waals surface area contributed by atoms with Crippen molar-refractivity contribution in [3.63, 3.8) is 0 Å². The van der Waals surface area contributed by atoms with Crippen LogP contribution in [0.4, 0.5) is 0 Å². The largest absolute Gasteiger partial charge is 0.290 e. The zero-order valence-electron chi connectivity index (χ0n) is 4.79. The molecule has 1 radical (unpaired) electrons. The van der Waals surface area contributed by atoms with Gasteiger partial charge in [-0.15, -0.1) is 6.42 Å². The van der Waals surface area contributed by atoms with E-state index in [0.717, 1.165) is 0 Å².